The maximum atomic E-state index is 12.4. The van der Waals surface area contributed by atoms with Crippen LogP contribution in [0.25, 0.3) is 0 Å². The zero-order valence-corrected chi connectivity index (χ0v) is 13.6. The number of carbonyl (C=O) groups excluding carboxylic acids is 1. The van der Waals surface area contributed by atoms with E-state index in [0.717, 1.165) is 0 Å². The molecule has 0 saturated carbocycles. The highest BCUT2D eigenvalue weighted by Gasteiger charge is 2.47. The summed E-state index contributed by atoms with van der Waals surface area (Å²) in [6.45, 7) is 3.75. The van der Waals surface area contributed by atoms with Crippen molar-refractivity contribution in [1.82, 2.24) is 4.57 Å². The first-order chi connectivity index (χ1) is 11.8. The molecule has 0 aliphatic carbocycles. The largest absolute Gasteiger partial charge is 0.484 e. The van der Waals surface area contributed by atoms with Gasteiger partial charge in [-0.2, -0.15) is 0 Å². The Bertz CT molecular complexity index is 889. The number of ether oxygens (including phenoxy) is 2. The number of fused-ring (bicyclic) bond motifs is 1. The fourth-order valence-corrected chi connectivity index (χ4v) is 3.12. The predicted molar refractivity (Wildman–Crippen MR) is 87.6 cm³/mol. The molecule has 2 aromatic rings. The van der Waals surface area contributed by atoms with E-state index in [1.54, 1.807) is 32.2 Å². The van der Waals surface area contributed by atoms with Gasteiger partial charge in [-0.15, -0.1) is 0 Å². The Kier molecular flexibility index (Phi) is 4.03. The minimum atomic E-state index is -0.940. The molecule has 0 amide bonds. The summed E-state index contributed by atoms with van der Waals surface area (Å²) >= 11 is 0. The lowest BCUT2D eigenvalue weighted by molar-refractivity contribution is -0.385. The summed E-state index contributed by atoms with van der Waals surface area (Å²) in [7, 11) is 0. The maximum absolute atomic E-state index is 12.4. The number of benzene rings is 1. The number of nitro groups is 1. The number of nitro benzene ring substituents is 1. The Morgan fingerprint density at radius 1 is 1.32 bits per heavy atom. The third-order valence-corrected chi connectivity index (χ3v) is 4.22. The molecule has 0 N–H and O–H groups in total. The summed E-state index contributed by atoms with van der Waals surface area (Å²) < 4.78 is 12.5. The Hall–Kier alpha value is -3.16. The van der Waals surface area contributed by atoms with Crippen molar-refractivity contribution in [3.63, 3.8) is 0 Å². The van der Waals surface area contributed by atoms with E-state index < -0.39 is 22.7 Å². The van der Waals surface area contributed by atoms with Crippen LogP contribution >= 0.6 is 0 Å². The van der Waals surface area contributed by atoms with E-state index in [4.69, 9.17) is 9.47 Å². The molecule has 1 aliphatic rings. The molecule has 2 atom stereocenters. The van der Waals surface area contributed by atoms with E-state index in [1.165, 1.54) is 28.8 Å². The molecule has 25 heavy (non-hydrogen) atoms. The molecule has 0 radical (unpaired) electrons. The number of pyridine rings is 1. The fourth-order valence-electron chi connectivity index (χ4n) is 3.12. The number of non-ortho nitro benzene ring substituents is 1. The van der Waals surface area contributed by atoms with Crippen LogP contribution in [0.1, 0.15) is 25.5 Å². The van der Waals surface area contributed by atoms with Crippen LogP contribution in [0.15, 0.2) is 47.4 Å². The van der Waals surface area contributed by atoms with E-state index in [1.807, 2.05) is 0 Å². The van der Waals surface area contributed by atoms with Crippen molar-refractivity contribution in [1.29, 1.82) is 0 Å². The first-order valence-corrected chi connectivity index (χ1v) is 7.59. The number of rotatable bonds is 4. The Morgan fingerprint density at radius 3 is 2.72 bits per heavy atom. The van der Waals surface area contributed by atoms with Gasteiger partial charge in [0.15, 0.2) is 6.10 Å². The SMILES string of the molecule is CC1(C)Oc2ccc([N+](=O)[O-])cc2[C@@H](n2ccccc2=O)[C@@H]1OC=O. The molecule has 0 unspecified atom stereocenters. The number of aromatic nitrogens is 1. The maximum Gasteiger partial charge on any atom is 0.293 e. The van der Waals surface area contributed by atoms with Crippen LogP contribution in [0.3, 0.4) is 0 Å². The first kappa shape index (κ1) is 16.7. The van der Waals surface area contributed by atoms with Crippen LogP contribution in [0.5, 0.6) is 5.75 Å². The first-order valence-electron chi connectivity index (χ1n) is 7.59. The van der Waals surface area contributed by atoms with Gasteiger partial charge in [-0.05, 0) is 26.0 Å². The molecule has 3 rings (SSSR count). The van der Waals surface area contributed by atoms with Crippen molar-refractivity contribution in [2.24, 2.45) is 0 Å². The molecule has 1 aliphatic heterocycles. The highest BCUT2D eigenvalue weighted by atomic mass is 16.6. The molecular formula is C17H16N2O6. The zero-order chi connectivity index (χ0) is 18.2. The average Bonchev–Trinajstić information content (AvgIpc) is 2.56. The van der Waals surface area contributed by atoms with Crippen LogP contribution in [0.4, 0.5) is 5.69 Å². The van der Waals surface area contributed by atoms with Gasteiger partial charge in [-0.3, -0.25) is 19.7 Å². The van der Waals surface area contributed by atoms with Crippen molar-refractivity contribution in [2.45, 2.75) is 31.6 Å². The Labute approximate surface area is 142 Å². The molecule has 8 heteroatoms. The van der Waals surface area contributed by atoms with E-state index >= 15 is 0 Å². The van der Waals surface area contributed by atoms with Gasteiger partial charge in [0.25, 0.3) is 17.7 Å². The van der Waals surface area contributed by atoms with Crippen LogP contribution in [-0.4, -0.2) is 27.7 Å². The van der Waals surface area contributed by atoms with Crippen LogP contribution in [-0.2, 0) is 9.53 Å². The van der Waals surface area contributed by atoms with E-state index in [9.17, 15) is 19.7 Å². The fraction of sp³-hybridized carbons (Fsp3) is 0.294. The summed E-state index contributed by atoms with van der Waals surface area (Å²) in [5.74, 6) is 0.405. The van der Waals surface area contributed by atoms with E-state index in [-0.39, 0.29) is 11.2 Å². The molecule has 0 fully saturated rings. The third kappa shape index (κ3) is 2.86. The zero-order valence-electron chi connectivity index (χ0n) is 13.6. The quantitative estimate of drug-likeness (QED) is 0.478. The van der Waals surface area contributed by atoms with Gasteiger partial charge in [0.05, 0.1) is 4.92 Å². The minimum Gasteiger partial charge on any atom is -0.484 e. The molecule has 2 heterocycles. The topological polar surface area (TPSA) is 101 Å². The molecule has 1 aromatic carbocycles. The summed E-state index contributed by atoms with van der Waals surface area (Å²) in [5, 5.41) is 11.1. The summed E-state index contributed by atoms with van der Waals surface area (Å²) in [5.41, 5.74) is -0.985. The monoisotopic (exact) mass is 344 g/mol. The normalized spacial score (nSPS) is 20.9. The lowest BCUT2D eigenvalue weighted by atomic mass is 9.86. The van der Waals surface area contributed by atoms with Crippen molar-refractivity contribution in [3.05, 3.63) is 68.6 Å². The number of carbonyl (C=O) groups is 1. The van der Waals surface area contributed by atoms with Gasteiger partial charge in [0.2, 0.25) is 0 Å². The van der Waals surface area contributed by atoms with Crippen LogP contribution in [0, 0.1) is 10.1 Å². The molecule has 130 valence electrons. The van der Waals surface area contributed by atoms with Gasteiger partial charge in [-0.25, -0.2) is 0 Å². The van der Waals surface area contributed by atoms with Crippen molar-refractivity contribution < 1.29 is 19.2 Å². The van der Waals surface area contributed by atoms with E-state index in [0.29, 0.717) is 17.8 Å². The number of hydrogen-bond acceptors (Lipinski definition) is 6. The molecule has 0 saturated heterocycles. The van der Waals surface area contributed by atoms with Crippen LogP contribution < -0.4 is 10.3 Å². The van der Waals surface area contributed by atoms with Gasteiger partial charge >= 0.3 is 0 Å². The van der Waals surface area contributed by atoms with Gasteiger partial charge in [0, 0.05) is 30.0 Å². The lowest BCUT2D eigenvalue weighted by Gasteiger charge is -2.43. The van der Waals surface area contributed by atoms with Crippen LogP contribution in [0.2, 0.25) is 0 Å². The van der Waals surface area contributed by atoms with Crippen molar-refractivity contribution >= 4 is 12.2 Å². The molecule has 0 spiro atoms. The standard InChI is InChI=1S/C17H16N2O6/c1-17(2)16(24-10-20)15(18-8-4-3-5-14(18)21)12-9-11(19(22)23)6-7-13(12)25-17/h3-10,15-16H,1-2H3/t15-,16+/m1/s1. The smallest absolute Gasteiger partial charge is 0.293 e. The second-order valence-corrected chi connectivity index (χ2v) is 6.23. The second-order valence-electron chi connectivity index (χ2n) is 6.23. The number of nitrogens with zero attached hydrogens (tertiary/aromatic N) is 2. The van der Waals surface area contributed by atoms with Gasteiger partial charge in [-0.1, -0.05) is 6.07 Å². The summed E-state index contributed by atoms with van der Waals surface area (Å²) in [6.07, 6.45) is 0.706. The summed E-state index contributed by atoms with van der Waals surface area (Å²) in [6, 6.07) is 8.05. The molecule has 1 aromatic heterocycles. The van der Waals surface area contributed by atoms with Gasteiger partial charge < -0.3 is 14.0 Å². The lowest BCUT2D eigenvalue weighted by Crippen LogP contribution is -2.53. The Morgan fingerprint density at radius 2 is 2.08 bits per heavy atom. The highest BCUT2D eigenvalue weighted by molar-refractivity contribution is 5.49. The average molecular weight is 344 g/mol. The minimum absolute atomic E-state index is 0.138. The predicted octanol–water partition coefficient (Wildman–Crippen LogP) is 2.06. The van der Waals surface area contributed by atoms with Gasteiger partial charge in [0.1, 0.15) is 17.4 Å². The molecule has 0 bridgehead atoms. The third-order valence-electron chi connectivity index (χ3n) is 4.22. The Balaban J connectivity index is 2.28. The summed E-state index contributed by atoms with van der Waals surface area (Å²) in [4.78, 5) is 34.0. The molecular weight excluding hydrogens is 328 g/mol. The number of hydrogen-bond donors (Lipinski definition) is 0. The van der Waals surface area contributed by atoms with E-state index in [2.05, 4.69) is 0 Å². The van der Waals surface area contributed by atoms with Crippen molar-refractivity contribution in [3.8, 4) is 5.75 Å². The molecule has 8 nitrogen and oxygen atoms in total. The highest BCUT2D eigenvalue weighted by Crippen LogP contribution is 2.43. The van der Waals surface area contributed by atoms with Crippen molar-refractivity contribution in [2.75, 3.05) is 0 Å². The second kappa shape index (κ2) is 6.04.